The summed E-state index contributed by atoms with van der Waals surface area (Å²) in [6.07, 6.45) is 11.5. The van der Waals surface area contributed by atoms with Gasteiger partial charge in [-0.25, -0.2) is 39.9 Å². The van der Waals surface area contributed by atoms with Crippen molar-refractivity contribution in [2.24, 2.45) is 0 Å². The number of anilines is 1. The summed E-state index contributed by atoms with van der Waals surface area (Å²) >= 11 is 5.73. The highest BCUT2D eigenvalue weighted by Gasteiger charge is 2.15. The zero-order chi connectivity index (χ0) is 31.8. The number of amides is 1. The van der Waals surface area contributed by atoms with Gasteiger partial charge in [-0.15, -0.1) is 0 Å². The van der Waals surface area contributed by atoms with Crippen LogP contribution < -0.4 is 10.6 Å². The molecule has 0 saturated heterocycles. The van der Waals surface area contributed by atoms with E-state index >= 15 is 0 Å². The van der Waals surface area contributed by atoms with Gasteiger partial charge in [-0.05, 0) is 25.5 Å². The van der Waals surface area contributed by atoms with Gasteiger partial charge in [0.1, 0.15) is 35.3 Å². The van der Waals surface area contributed by atoms with Gasteiger partial charge in [0.15, 0.2) is 0 Å². The molecule has 6 rings (SSSR count). The van der Waals surface area contributed by atoms with Crippen LogP contribution in [0.25, 0.3) is 33.4 Å². The highest BCUT2D eigenvalue weighted by molar-refractivity contribution is 7.59. The Kier molecular flexibility index (Phi) is 11.5. The van der Waals surface area contributed by atoms with E-state index in [1.54, 1.807) is 50.2 Å². The molecule has 46 heavy (non-hydrogen) atoms. The van der Waals surface area contributed by atoms with E-state index in [1.807, 2.05) is 38.1 Å². The highest BCUT2D eigenvalue weighted by atomic mass is 35.5. The third-order valence-corrected chi connectivity index (χ3v) is 7.06. The first-order valence-corrected chi connectivity index (χ1v) is 14.4. The van der Waals surface area contributed by atoms with Crippen molar-refractivity contribution in [2.45, 2.75) is 26.7 Å². The number of benzene rings is 1. The Hall–Kier alpha value is -5.14. The number of hydrogen-bond acceptors (Lipinski definition) is 11. The Labute approximate surface area is 278 Å². The van der Waals surface area contributed by atoms with Crippen LogP contribution >= 0.6 is 25.1 Å². The summed E-state index contributed by atoms with van der Waals surface area (Å²) in [7, 11) is 1.63. The van der Waals surface area contributed by atoms with Gasteiger partial charge in [0.05, 0.1) is 22.5 Å². The van der Waals surface area contributed by atoms with Crippen LogP contribution in [0.15, 0.2) is 80.0 Å². The number of nitrogens with zero attached hydrogens (tertiary/aromatic N) is 9. The number of hydrogen-bond donors (Lipinski definition) is 2. The molecule has 12 nitrogen and oxygen atoms in total. The molecule has 5 heterocycles. The van der Waals surface area contributed by atoms with Crippen molar-refractivity contribution in [1.29, 1.82) is 0 Å². The second-order valence-electron chi connectivity index (χ2n) is 10.0. The van der Waals surface area contributed by atoms with E-state index in [0.29, 0.717) is 23.1 Å². The average Bonchev–Trinajstić information content (AvgIpc) is 3.07. The lowest BCUT2D eigenvalue weighted by molar-refractivity contribution is 0.0964. The summed E-state index contributed by atoms with van der Waals surface area (Å²) in [6.45, 7) is 6.44. The largest absolute Gasteiger partial charge is 0.369 e. The summed E-state index contributed by atoms with van der Waals surface area (Å²) < 4.78 is 0. The number of pyridine rings is 1. The van der Waals surface area contributed by atoms with Crippen LogP contribution in [0.4, 0.5) is 5.82 Å². The van der Waals surface area contributed by atoms with Gasteiger partial charge < -0.3 is 10.6 Å². The second kappa shape index (κ2) is 15.7. The van der Waals surface area contributed by atoms with Gasteiger partial charge in [0, 0.05) is 79.1 Å². The van der Waals surface area contributed by atoms with Gasteiger partial charge in [-0.2, -0.15) is 13.5 Å². The van der Waals surface area contributed by atoms with Crippen molar-refractivity contribution in [1.82, 2.24) is 50.2 Å². The van der Waals surface area contributed by atoms with Crippen LogP contribution in [0.5, 0.6) is 0 Å². The first-order chi connectivity index (χ1) is 21.8. The number of halogens is 1. The van der Waals surface area contributed by atoms with Crippen molar-refractivity contribution >= 4 is 47.7 Å². The number of fused-ring (bicyclic) bond motifs is 1. The zero-order valence-electron chi connectivity index (χ0n) is 25.6. The number of rotatable bonds is 7. The molecule has 0 unspecified atom stereocenters. The van der Waals surface area contributed by atoms with E-state index < -0.39 is 0 Å². The van der Waals surface area contributed by atoms with E-state index in [2.05, 4.69) is 62.4 Å². The molecule has 6 aromatic rings. The van der Waals surface area contributed by atoms with Gasteiger partial charge in [0.25, 0.3) is 5.91 Å². The minimum atomic E-state index is -0.121. The minimum absolute atomic E-state index is 0. The van der Waals surface area contributed by atoms with Crippen molar-refractivity contribution in [3.63, 3.8) is 0 Å². The molecule has 0 bridgehead atoms. The van der Waals surface area contributed by atoms with E-state index in [9.17, 15) is 4.79 Å². The van der Waals surface area contributed by atoms with Crippen molar-refractivity contribution in [3.05, 3.63) is 108 Å². The normalized spacial score (nSPS) is 11.1. The summed E-state index contributed by atoms with van der Waals surface area (Å²) in [5.74, 6) is 2.18. The fraction of sp³-hybridized carbons (Fsp3) is 0.188. The van der Waals surface area contributed by atoms with Crippen LogP contribution in [-0.4, -0.2) is 64.4 Å². The number of aryl methyl sites for hydroxylation is 2. The Morgan fingerprint density at radius 1 is 0.804 bits per heavy atom. The predicted octanol–water partition coefficient (Wildman–Crippen LogP) is 5.37. The molecule has 1 aromatic carbocycles. The SMILES string of the molecule is CNC(=O)c1ccnc2c([C@H](C)CNc3cc(-c4cnc(C)nc4)ncn3)cccc12.Cc1ncc(-c2cc(Cl)ncn2)cn1.S. The highest BCUT2D eigenvalue weighted by Crippen LogP contribution is 2.27. The Balaban J connectivity index is 0.000000268. The summed E-state index contributed by atoms with van der Waals surface area (Å²) in [4.78, 5) is 49.9. The molecule has 1 amide bonds. The molecule has 1 atom stereocenters. The fourth-order valence-electron chi connectivity index (χ4n) is 4.45. The molecule has 0 saturated carbocycles. The standard InChI is InChI=1S/C23H23N7O.C9H7ClN4.H2S/c1-14(17-5-4-6-18-19(23(31)24-3)7-8-25-22(17)18)10-28-21-9-20(29-13-30-21)16-11-26-15(2)27-12-16;1-6-11-3-7(4-12-6)8-2-9(10)14-5-13-8;/h4-9,11-14H,10H2,1-3H3,(H,24,31)(H,28,29,30);2-5H,1H3;1H2/t14-;;/m1../s1. The Morgan fingerprint density at radius 3 is 2.02 bits per heavy atom. The van der Waals surface area contributed by atoms with E-state index in [-0.39, 0.29) is 25.3 Å². The molecule has 0 aliphatic heterocycles. The summed E-state index contributed by atoms with van der Waals surface area (Å²) in [5, 5.41) is 7.32. The second-order valence-corrected chi connectivity index (χ2v) is 10.4. The zero-order valence-corrected chi connectivity index (χ0v) is 27.4. The Bertz CT molecular complexity index is 1930. The van der Waals surface area contributed by atoms with Gasteiger partial charge in [0.2, 0.25) is 0 Å². The first-order valence-electron chi connectivity index (χ1n) is 14.0. The average molecular weight is 654 g/mol. The van der Waals surface area contributed by atoms with E-state index in [1.165, 1.54) is 12.7 Å². The Morgan fingerprint density at radius 2 is 1.41 bits per heavy atom. The maximum Gasteiger partial charge on any atom is 0.251 e. The molecule has 14 heteroatoms. The molecule has 234 valence electrons. The van der Waals surface area contributed by atoms with E-state index in [0.717, 1.165) is 50.6 Å². The molecular formula is C32H32ClN11OS. The summed E-state index contributed by atoms with van der Waals surface area (Å²) in [6, 6.07) is 11.2. The monoisotopic (exact) mass is 653 g/mol. The number of nitrogens with one attached hydrogen (secondary N) is 2. The summed E-state index contributed by atoms with van der Waals surface area (Å²) in [5.41, 5.74) is 5.67. The number of carbonyl (C=O) groups excluding carboxylic acids is 1. The molecule has 2 N–H and O–H groups in total. The quantitative estimate of drug-likeness (QED) is 0.213. The van der Waals surface area contributed by atoms with Crippen LogP contribution in [-0.2, 0) is 0 Å². The van der Waals surface area contributed by atoms with Crippen molar-refractivity contribution < 1.29 is 4.79 Å². The van der Waals surface area contributed by atoms with Crippen LogP contribution in [0.1, 0.15) is 40.4 Å². The third-order valence-electron chi connectivity index (χ3n) is 6.85. The van der Waals surface area contributed by atoms with Gasteiger partial charge in [-0.1, -0.05) is 36.7 Å². The molecule has 0 aliphatic carbocycles. The molecule has 0 spiro atoms. The van der Waals surface area contributed by atoms with E-state index in [4.69, 9.17) is 11.6 Å². The van der Waals surface area contributed by atoms with Gasteiger partial charge in [-0.3, -0.25) is 9.78 Å². The maximum absolute atomic E-state index is 12.2. The number of para-hydroxylation sites is 1. The predicted molar refractivity (Wildman–Crippen MR) is 183 cm³/mol. The molecule has 0 radical (unpaired) electrons. The smallest absolute Gasteiger partial charge is 0.251 e. The number of aromatic nitrogens is 9. The van der Waals surface area contributed by atoms with Crippen molar-refractivity contribution in [2.75, 3.05) is 18.9 Å². The van der Waals surface area contributed by atoms with Crippen LogP contribution in [0, 0.1) is 13.8 Å². The lowest BCUT2D eigenvalue weighted by Crippen LogP contribution is -2.18. The minimum Gasteiger partial charge on any atom is -0.369 e. The maximum atomic E-state index is 12.2. The lowest BCUT2D eigenvalue weighted by atomic mass is 9.96. The lowest BCUT2D eigenvalue weighted by Gasteiger charge is -2.16. The van der Waals surface area contributed by atoms with Crippen LogP contribution in [0.2, 0.25) is 5.15 Å². The topological polar surface area (TPSA) is 157 Å². The third kappa shape index (κ3) is 8.31. The number of carbonyl (C=O) groups is 1. The molecular weight excluding hydrogens is 622 g/mol. The molecule has 0 fully saturated rings. The first kappa shape index (κ1) is 33.7. The fourth-order valence-corrected chi connectivity index (χ4v) is 4.60. The molecule has 5 aromatic heterocycles. The van der Waals surface area contributed by atoms with Crippen LogP contribution in [0.3, 0.4) is 0 Å². The molecule has 0 aliphatic rings. The van der Waals surface area contributed by atoms with Gasteiger partial charge >= 0.3 is 0 Å². The van der Waals surface area contributed by atoms with Crippen molar-refractivity contribution in [3.8, 4) is 22.5 Å².